The van der Waals surface area contributed by atoms with E-state index in [2.05, 4.69) is 212 Å². The van der Waals surface area contributed by atoms with E-state index >= 15 is 0 Å². The molecule has 0 atom stereocenters. The number of hydrogen-bond acceptors (Lipinski definition) is 4. The highest BCUT2D eigenvalue weighted by molar-refractivity contribution is 6.06. The normalized spacial score (nSPS) is 11.3. The van der Waals surface area contributed by atoms with Gasteiger partial charge in [-0.05, 0) is 129 Å². The van der Waals surface area contributed by atoms with Crippen molar-refractivity contribution >= 4 is 21.9 Å². The second-order valence-corrected chi connectivity index (χ2v) is 18.3. The van der Waals surface area contributed by atoms with Crippen LogP contribution in [0.25, 0.3) is 100 Å². The van der Waals surface area contributed by atoms with Crippen molar-refractivity contribution in [1.29, 1.82) is 0 Å². The Balaban J connectivity index is 0.927. The Kier molecular flexibility index (Phi) is 11.9. The van der Waals surface area contributed by atoms with Crippen LogP contribution in [0.4, 0.5) is 0 Å². The van der Waals surface area contributed by atoms with E-state index in [0.29, 0.717) is 0 Å². The predicted octanol–water partition coefficient (Wildman–Crippen LogP) is 17.0. The molecule has 0 saturated heterocycles. The minimum absolute atomic E-state index is 0.870. The Morgan fingerprint density at radius 2 is 0.746 bits per heavy atom. The lowest BCUT2D eigenvalue weighted by atomic mass is 9.87. The molecule has 12 aromatic rings. The second kappa shape index (κ2) is 19.6. The molecule has 0 fully saturated rings. The van der Waals surface area contributed by atoms with Crippen LogP contribution in [0.5, 0.6) is 0 Å². The van der Waals surface area contributed by atoms with Crippen LogP contribution in [0.15, 0.2) is 254 Å². The Bertz CT molecular complexity index is 3670. The van der Waals surface area contributed by atoms with Crippen molar-refractivity contribution in [2.75, 3.05) is 0 Å². The number of benzene rings is 8. The van der Waals surface area contributed by atoms with Crippen molar-refractivity contribution in [3.63, 3.8) is 0 Å². The third-order valence-corrected chi connectivity index (χ3v) is 13.7. The van der Waals surface area contributed by atoms with Gasteiger partial charge in [0, 0.05) is 51.6 Å². The lowest BCUT2D eigenvalue weighted by molar-refractivity contribution is 0.669. The number of aryl methyl sites for hydroxylation is 4. The molecular weight excluding hydrogens is 863 g/mol. The van der Waals surface area contributed by atoms with Crippen molar-refractivity contribution in [2.24, 2.45) is 0 Å². The first kappa shape index (κ1) is 43.3. The Morgan fingerprint density at radius 3 is 1.37 bits per heavy atom. The third-order valence-electron chi connectivity index (χ3n) is 13.7. The van der Waals surface area contributed by atoms with Crippen molar-refractivity contribution in [1.82, 2.24) is 15.0 Å². The SMILES string of the molecule is c1ccc(-c2ccc(-c3cc(-c4ccc5oc6ccccc6c5c4)ncc3-c3ccccc3-c3cc(CCc4ccc(-c5ccccc5)nc4)cc(CCc4ccc(-c5ccccc5)nc4)c3)cc2)cc1. The molecule has 0 radical (unpaired) electrons. The molecule has 4 heterocycles. The van der Waals surface area contributed by atoms with Crippen LogP contribution in [0.1, 0.15) is 22.3 Å². The standard InChI is InChI=1S/C67H49N3O/c1-4-14-50(15-5-1)51-30-32-52(33-31-51)60-42-65(55-34-37-67-61(41-55)59-22-12-13-23-66(59)71-67)70-45-62(60)58-21-11-10-20-57(58)56-39-48(26-24-46-28-35-63(68-43-46)53-16-6-2-7-17-53)38-49(40-56)27-25-47-29-36-64(69-44-47)54-18-8-3-9-19-54/h1-23,28-45H,24-27H2. The molecule has 12 rings (SSSR count). The first-order valence-corrected chi connectivity index (χ1v) is 24.5. The van der Waals surface area contributed by atoms with Gasteiger partial charge >= 0.3 is 0 Å². The summed E-state index contributed by atoms with van der Waals surface area (Å²) in [5, 5.41) is 2.18. The zero-order valence-corrected chi connectivity index (χ0v) is 39.2. The van der Waals surface area contributed by atoms with E-state index in [-0.39, 0.29) is 0 Å². The van der Waals surface area contributed by atoms with Gasteiger partial charge in [-0.2, -0.15) is 0 Å². The van der Waals surface area contributed by atoms with Gasteiger partial charge in [-0.3, -0.25) is 15.0 Å². The fourth-order valence-corrected chi connectivity index (χ4v) is 9.88. The molecule has 8 aromatic carbocycles. The van der Waals surface area contributed by atoms with E-state index in [0.717, 1.165) is 104 Å². The zero-order chi connectivity index (χ0) is 47.3. The first-order valence-electron chi connectivity index (χ1n) is 24.5. The van der Waals surface area contributed by atoms with Crippen molar-refractivity contribution < 1.29 is 4.42 Å². The molecule has 0 bridgehead atoms. The molecule has 0 saturated carbocycles. The number of aromatic nitrogens is 3. The largest absolute Gasteiger partial charge is 0.456 e. The van der Waals surface area contributed by atoms with Crippen molar-refractivity contribution in [3.05, 3.63) is 271 Å². The van der Waals surface area contributed by atoms with Crippen LogP contribution in [0.2, 0.25) is 0 Å². The average Bonchev–Trinajstić information content (AvgIpc) is 3.83. The van der Waals surface area contributed by atoms with Crippen LogP contribution in [-0.2, 0) is 25.7 Å². The molecule has 338 valence electrons. The van der Waals surface area contributed by atoms with E-state index in [1.165, 1.54) is 44.5 Å². The van der Waals surface area contributed by atoms with E-state index in [1.807, 2.05) is 36.7 Å². The van der Waals surface area contributed by atoms with E-state index in [4.69, 9.17) is 19.4 Å². The highest BCUT2D eigenvalue weighted by Crippen LogP contribution is 2.41. The summed E-state index contributed by atoms with van der Waals surface area (Å²) in [6.07, 6.45) is 9.68. The van der Waals surface area contributed by atoms with Gasteiger partial charge in [-0.1, -0.05) is 188 Å². The van der Waals surface area contributed by atoms with Crippen molar-refractivity contribution in [3.8, 4) is 78.3 Å². The van der Waals surface area contributed by atoms with E-state index < -0.39 is 0 Å². The lowest BCUT2D eigenvalue weighted by Gasteiger charge is -2.18. The number of fused-ring (bicyclic) bond motifs is 3. The van der Waals surface area contributed by atoms with Crippen LogP contribution >= 0.6 is 0 Å². The molecule has 4 aromatic heterocycles. The summed E-state index contributed by atoms with van der Waals surface area (Å²) in [5.74, 6) is 0. The predicted molar refractivity (Wildman–Crippen MR) is 293 cm³/mol. The Labute approximate surface area is 414 Å². The number of para-hydroxylation sites is 1. The van der Waals surface area contributed by atoms with Gasteiger partial charge < -0.3 is 4.42 Å². The molecule has 0 N–H and O–H groups in total. The molecule has 4 heteroatoms. The van der Waals surface area contributed by atoms with E-state index in [9.17, 15) is 0 Å². The smallest absolute Gasteiger partial charge is 0.135 e. The number of furan rings is 1. The van der Waals surface area contributed by atoms with Crippen molar-refractivity contribution in [2.45, 2.75) is 25.7 Å². The zero-order valence-electron chi connectivity index (χ0n) is 39.2. The summed E-state index contributed by atoms with van der Waals surface area (Å²) in [4.78, 5) is 15.0. The lowest BCUT2D eigenvalue weighted by Crippen LogP contribution is -1.99. The van der Waals surface area contributed by atoms with E-state index in [1.54, 1.807) is 0 Å². The molecule has 0 amide bonds. The average molecular weight is 912 g/mol. The van der Waals surface area contributed by atoms with Gasteiger partial charge in [0.05, 0.1) is 17.1 Å². The summed E-state index contributed by atoms with van der Waals surface area (Å²) in [7, 11) is 0. The summed E-state index contributed by atoms with van der Waals surface area (Å²) >= 11 is 0. The van der Waals surface area contributed by atoms with Gasteiger partial charge in [-0.25, -0.2) is 0 Å². The number of hydrogen-bond donors (Lipinski definition) is 0. The Hall–Kier alpha value is -8.99. The van der Waals surface area contributed by atoms with Gasteiger partial charge in [0.25, 0.3) is 0 Å². The maximum absolute atomic E-state index is 6.22. The highest BCUT2D eigenvalue weighted by Gasteiger charge is 2.18. The highest BCUT2D eigenvalue weighted by atomic mass is 16.3. The molecule has 0 aliphatic rings. The van der Waals surface area contributed by atoms with Crippen LogP contribution in [0, 0.1) is 0 Å². The Morgan fingerprint density at radius 1 is 0.254 bits per heavy atom. The molecule has 0 aliphatic heterocycles. The number of rotatable bonds is 13. The van der Waals surface area contributed by atoms with Gasteiger partial charge in [0.2, 0.25) is 0 Å². The fraction of sp³-hybridized carbons (Fsp3) is 0.0597. The molecule has 4 nitrogen and oxygen atoms in total. The van der Waals surface area contributed by atoms with Crippen LogP contribution in [-0.4, -0.2) is 15.0 Å². The molecule has 0 spiro atoms. The topological polar surface area (TPSA) is 51.8 Å². The second-order valence-electron chi connectivity index (χ2n) is 18.3. The summed E-state index contributed by atoms with van der Waals surface area (Å²) in [6.45, 7) is 0. The molecule has 0 unspecified atom stereocenters. The molecular formula is C67H49N3O. The van der Waals surface area contributed by atoms with Gasteiger partial charge in [-0.15, -0.1) is 0 Å². The minimum Gasteiger partial charge on any atom is -0.456 e. The first-order chi connectivity index (χ1) is 35.1. The third kappa shape index (κ3) is 9.32. The summed E-state index contributed by atoms with van der Waals surface area (Å²) in [5.41, 5.74) is 22.1. The summed E-state index contributed by atoms with van der Waals surface area (Å²) < 4.78 is 6.22. The molecule has 71 heavy (non-hydrogen) atoms. The fourth-order valence-electron chi connectivity index (χ4n) is 9.88. The van der Waals surface area contributed by atoms with Crippen LogP contribution < -0.4 is 0 Å². The van der Waals surface area contributed by atoms with Gasteiger partial charge in [0.1, 0.15) is 11.2 Å². The minimum atomic E-state index is 0.870. The van der Waals surface area contributed by atoms with Crippen LogP contribution in [0.3, 0.4) is 0 Å². The summed E-state index contributed by atoms with van der Waals surface area (Å²) in [6, 6.07) is 82.0. The maximum atomic E-state index is 6.22. The number of pyridine rings is 3. The monoisotopic (exact) mass is 911 g/mol. The number of nitrogens with zero attached hydrogens (tertiary/aromatic N) is 3. The molecule has 0 aliphatic carbocycles. The quantitative estimate of drug-likeness (QED) is 0.116. The van der Waals surface area contributed by atoms with Gasteiger partial charge in [0.15, 0.2) is 0 Å². The maximum Gasteiger partial charge on any atom is 0.135 e.